The van der Waals surface area contributed by atoms with Crippen LogP contribution >= 0.6 is 0 Å². The molecule has 1 aliphatic carbocycles. The van der Waals surface area contributed by atoms with E-state index < -0.39 is 0 Å². The van der Waals surface area contributed by atoms with E-state index in [9.17, 15) is 9.59 Å². The first-order valence-electron chi connectivity index (χ1n) is 9.76. The van der Waals surface area contributed by atoms with E-state index >= 15 is 0 Å². The molecule has 7 nitrogen and oxygen atoms in total. The zero-order valence-corrected chi connectivity index (χ0v) is 16.4. The minimum Gasteiger partial charge on any atom is -0.322 e. The first kappa shape index (κ1) is 18.9. The van der Waals surface area contributed by atoms with Gasteiger partial charge in [-0.25, -0.2) is 4.79 Å². The number of aryl methyl sites for hydroxylation is 1. The van der Waals surface area contributed by atoms with Gasteiger partial charge in [0.25, 0.3) is 0 Å². The van der Waals surface area contributed by atoms with Crippen molar-refractivity contribution in [3.05, 3.63) is 17.5 Å². The molecule has 0 bridgehead atoms. The highest BCUT2D eigenvalue weighted by Crippen LogP contribution is 2.41. The third-order valence-corrected chi connectivity index (χ3v) is 5.61. The Morgan fingerprint density at radius 3 is 2.65 bits per heavy atom. The van der Waals surface area contributed by atoms with Gasteiger partial charge in [0, 0.05) is 39.1 Å². The van der Waals surface area contributed by atoms with Gasteiger partial charge in [-0.2, -0.15) is 5.10 Å². The van der Waals surface area contributed by atoms with E-state index in [0.29, 0.717) is 38.0 Å². The third-order valence-electron chi connectivity index (χ3n) is 5.61. The van der Waals surface area contributed by atoms with Gasteiger partial charge in [0.1, 0.15) is 0 Å². The molecule has 3 amide bonds. The summed E-state index contributed by atoms with van der Waals surface area (Å²) in [6.07, 6.45) is 4.64. The van der Waals surface area contributed by atoms with Crippen molar-refractivity contribution in [2.24, 2.45) is 7.05 Å². The molecule has 1 saturated heterocycles. The van der Waals surface area contributed by atoms with E-state index in [1.807, 2.05) is 22.8 Å². The number of imide groups is 1. The molecule has 0 aromatic carbocycles. The fraction of sp³-hybridized carbons (Fsp3) is 0.737. The molecule has 2 heterocycles. The lowest BCUT2D eigenvalue weighted by atomic mass is 10.1. The van der Waals surface area contributed by atoms with E-state index in [1.54, 1.807) is 0 Å². The van der Waals surface area contributed by atoms with Crippen molar-refractivity contribution in [2.75, 3.05) is 26.2 Å². The number of amides is 3. The number of hydrogen-bond acceptors (Lipinski definition) is 4. The third kappa shape index (κ3) is 3.92. The van der Waals surface area contributed by atoms with Crippen molar-refractivity contribution in [1.82, 2.24) is 24.5 Å². The number of urea groups is 1. The van der Waals surface area contributed by atoms with Crippen LogP contribution in [0.15, 0.2) is 6.20 Å². The van der Waals surface area contributed by atoms with E-state index in [4.69, 9.17) is 0 Å². The van der Waals surface area contributed by atoms with Crippen LogP contribution in [0.2, 0.25) is 0 Å². The summed E-state index contributed by atoms with van der Waals surface area (Å²) < 4.78 is 1.81. The summed E-state index contributed by atoms with van der Waals surface area (Å²) in [7, 11) is 1.89. The van der Waals surface area contributed by atoms with Crippen LogP contribution in [-0.2, 0) is 18.4 Å². The van der Waals surface area contributed by atoms with Crippen molar-refractivity contribution in [1.29, 1.82) is 0 Å². The molecule has 3 rings (SSSR count). The maximum atomic E-state index is 12.9. The van der Waals surface area contributed by atoms with Crippen LogP contribution in [0.25, 0.3) is 0 Å². The zero-order valence-electron chi connectivity index (χ0n) is 16.4. The number of likely N-dealkylation sites (N-methyl/N-ethyl adjacent to an activating group) is 1. The largest absolute Gasteiger partial charge is 0.327 e. The van der Waals surface area contributed by atoms with Gasteiger partial charge in [-0.3, -0.25) is 19.3 Å². The van der Waals surface area contributed by atoms with Crippen molar-refractivity contribution < 1.29 is 9.59 Å². The SMILES string of the molecule is CCN(CCN1CCC(=O)N(Cc2c(C3CC3)cnn2C)C1=O)C(C)C. The first-order chi connectivity index (χ1) is 12.4. The maximum Gasteiger partial charge on any atom is 0.327 e. The fourth-order valence-electron chi connectivity index (χ4n) is 3.69. The molecule has 1 aromatic rings. The van der Waals surface area contributed by atoms with Crippen LogP contribution in [0.5, 0.6) is 0 Å². The Morgan fingerprint density at radius 2 is 2.04 bits per heavy atom. The first-order valence-corrected chi connectivity index (χ1v) is 9.76. The topological polar surface area (TPSA) is 61.7 Å². The summed E-state index contributed by atoms with van der Waals surface area (Å²) in [5.41, 5.74) is 2.19. The highest BCUT2D eigenvalue weighted by Gasteiger charge is 2.35. The summed E-state index contributed by atoms with van der Waals surface area (Å²) in [6.45, 7) is 9.77. The molecule has 0 N–H and O–H groups in total. The standard InChI is InChI=1S/C19H31N5O2/c1-5-22(14(2)3)10-11-23-9-8-18(25)24(19(23)26)13-17-16(15-6-7-15)12-20-21(17)4/h12,14-15H,5-11,13H2,1-4H3. The lowest BCUT2D eigenvalue weighted by Crippen LogP contribution is -2.53. The summed E-state index contributed by atoms with van der Waals surface area (Å²) in [5, 5.41) is 4.35. The molecule has 2 aliphatic rings. The van der Waals surface area contributed by atoms with Crippen LogP contribution in [-0.4, -0.2) is 68.6 Å². The molecule has 1 saturated carbocycles. The molecular formula is C19H31N5O2. The Morgan fingerprint density at radius 1 is 1.31 bits per heavy atom. The molecule has 26 heavy (non-hydrogen) atoms. The van der Waals surface area contributed by atoms with Crippen LogP contribution in [0.3, 0.4) is 0 Å². The van der Waals surface area contributed by atoms with Gasteiger partial charge >= 0.3 is 6.03 Å². The molecule has 7 heteroatoms. The van der Waals surface area contributed by atoms with Crippen LogP contribution < -0.4 is 0 Å². The second-order valence-electron chi connectivity index (χ2n) is 7.67. The van der Waals surface area contributed by atoms with Gasteiger partial charge in [-0.1, -0.05) is 6.92 Å². The minimum atomic E-state index is -0.163. The van der Waals surface area contributed by atoms with Crippen molar-refractivity contribution in [3.8, 4) is 0 Å². The number of carbonyl (C=O) groups is 2. The molecule has 0 atom stereocenters. The second-order valence-corrected chi connectivity index (χ2v) is 7.67. The average molecular weight is 361 g/mol. The molecule has 0 radical (unpaired) electrons. The average Bonchev–Trinajstić information content (AvgIpc) is 3.38. The normalized spacial score (nSPS) is 18.5. The molecule has 1 aliphatic heterocycles. The minimum absolute atomic E-state index is 0.0783. The molecule has 2 fully saturated rings. The highest BCUT2D eigenvalue weighted by atomic mass is 16.2. The van der Waals surface area contributed by atoms with Crippen LogP contribution in [0, 0.1) is 0 Å². The van der Waals surface area contributed by atoms with Crippen molar-refractivity contribution in [2.45, 2.75) is 58.5 Å². The second kappa shape index (κ2) is 7.78. The van der Waals surface area contributed by atoms with Crippen molar-refractivity contribution in [3.63, 3.8) is 0 Å². The van der Waals surface area contributed by atoms with E-state index in [2.05, 4.69) is 30.8 Å². The van der Waals surface area contributed by atoms with Crippen LogP contribution in [0.4, 0.5) is 4.79 Å². The van der Waals surface area contributed by atoms with E-state index in [0.717, 1.165) is 18.8 Å². The molecule has 0 spiro atoms. The molecular weight excluding hydrogens is 330 g/mol. The predicted molar refractivity (Wildman–Crippen MR) is 99.7 cm³/mol. The van der Waals surface area contributed by atoms with Crippen molar-refractivity contribution >= 4 is 11.9 Å². The van der Waals surface area contributed by atoms with E-state index in [-0.39, 0.29) is 11.9 Å². The molecule has 144 valence electrons. The lowest BCUT2D eigenvalue weighted by molar-refractivity contribution is -0.131. The van der Waals surface area contributed by atoms with Crippen LogP contribution in [0.1, 0.15) is 57.2 Å². The monoisotopic (exact) mass is 361 g/mol. The van der Waals surface area contributed by atoms with Gasteiger partial charge < -0.3 is 4.90 Å². The van der Waals surface area contributed by atoms with Gasteiger partial charge in [0.2, 0.25) is 5.91 Å². The van der Waals surface area contributed by atoms with Gasteiger partial charge in [0.05, 0.1) is 18.4 Å². The van der Waals surface area contributed by atoms with Gasteiger partial charge in [0.15, 0.2) is 0 Å². The summed E-state index contributed by atoms with van der Waals surface area (Å²) in [5.74, 6) is 0.472. The Kier molecular flexibility index (Phi) is 5.65. The Bertz CT molecular complexity index is 665. The predicted octanol–water partition coefficient (Wildman–Crippen LogP) is 2.18. The zero-order chi connectivity index (χ0) is 18.8. The van der Waals surface area contributed by atoms with Gasteiger partial charge in [-0.15, -0.1) is 0 Å². The maximum absolute atomic E-state index is 12.9. The number of nitrogens with zero attached hydrogens (tertiary/aromatic N) is 5. The number of rotatable bonds is 8. The molecule has 1 aromatic heterocycles. The highest BCUT2D eigenvalue weighted by molar-refractivity contribution is 5.96. The Labute approximate surface area is 155 Å². The summed E-state index contributed by atoms with van der Waals surface area (Å²) >= 11 is 0. The number of carbonyl (C=O) groups excluding carboxylic acids is 2. The quantitative estimate of drug-likeness (QED) is 0.712. The molecule has 0 unspecified atom stereocenters. The van der Waals surface area contributed by atoms with Gasteiger partial charge in [-0.05, 0) is 44.7 Å². The van der Waals surface area contributed by atoms with E-state index in [1.165, 1.54) is 23.3 Å². The number of aromatic nitrogens is 2. The Balaban J connectivity index is 1.68. The fourth-order valence-corrected chi connectivity index (χ4v) is 3.69. The number of hydrogen-bond donors (Lipinski definition) is 0. The summed E-state index contributed by atoms with van der Waals surface area (Å²) in [4.78, 5) is 30.9. The lowest BCUT2D eigenvalue weighted by Gasteiger charge is -2.36. The smallest absolute Gasteiger partial charge is 0.322 e. The Hall–Kier alpha value is -1.89. The summed E-state index contributed by atoms with van der Waals surface area (Å²) in [6, 6.07) is 0.289.